The van der Waals surface area contributed by atoms with E-state index in [1.54, 1.807) is 43.8 Å². The molecule has 3 aromatic heterocycles. The van der Waals surface area contributed by atoms with Crippen LogP contribution < -0.4 is 18.9 Å². The molecule has 62 heavy (non-hydrogen) atoms. The van der Waals surface area contributed by atoms with Gasteiger partial charge in [0, 0.05) is 66.7 Å². The van der Waals surface area contributed by atoms with Crippen molar-refractivity contribution in [1.29, 1.82) is 0 Å². The first-order chi connectivity index (χ1) is 30.2. The number of carboxylic acid groups (broad SMARTS) is 1. The minimum atomic E-state index is -1.35. The minimum Gasteiger partial charge on any atom is -0.496 e. The molecule has 1 atom stereocenters. The normalized spacial score (nSPS) is 13.8. The van der Waals surface area contributed by atoms with Crippen LogP contribution in [0.2, 0.25) is 5.02 Å². The van der Waals surface area contributed by atoms with E-state index in [-0.39, 0.29) is 24.7 Å². The Morgan fingerprint density at radius 2 is 1.61 bits per heavy atom. The van der Waals surface area contributed by atoms with E-state index >= 15 is 0 Å². The van der Waals surface area contributed by atoms with Gasteiger partial charge in [0.15, 0.2) is 5.82 Å². The summed E-state index contributed by atoms with van der Waals surface area (Å²) in [5.41, 5.74) is 5.06. The van der Waals surface area contributed by atoms with E-state index in [0.29, 0.717) is 51.3 Å². The topological polar surface area (TPSA) is 119 Å². The number of likely N-dealkylation sites (N-methyl/N-ethyl adjacent to an activating group) is 1. The summed E-state index contributed by atoms with van der Waals surface area (Å²) in [7, 11) is 3.73. The fraction of sp³-hybridized carbons (Fsp3) is 0.250. The Kier molecular flexibility index (Phi) is 13.2. The number of carboxylic acids is 1. The second kappa shape index (κ2) is 19.3. The molecule has 0 radical (unpaired) electrons. The number of thiophene rings is 1. The molecule has 11 nitrogen and oxygen atoms in total. The Balaban J connectivity index is 1.08. The van der Waals surface area contributed by atoms with Crippen LogP contribution in [0.1, 0.15) is 16.8 Å². The van der Waals surface area contributed by atoms with Gasteiger partial charge in [-0.2, -0.15) is 0 Å². The summed E-state index contributed by atoms with van der Waals surface area (Å²) >= 11 is 8.55. The van der Waals surface area contributed by atoms with E-state index < -0.39 is 12.1 Å². The maximum Gasteiger partial charge on any atom is 0.345 e. The fourth-order valence-electron chi connectivity index (χ4n) is 7.48. The number of nitrogens with zero attached hydrogens (tertiary/aromatic N) is 5. The zero-order valence-electron chi connectivity index (χ0n) is 34.5. The molecule has 1 fully saturated rings. The Hall–Kier alpha value is -6.12. The van der Waals surface area contributed by atoms with Crippen molar-refractivity contribution in [2.75, 3.05) is 53.5 Å². The van der Waals surface area contributed by atoms with Gasteiger partial charge in [0.1, 0.15) is 36.3 Å². The molecule has 4 heterocycles. The quantitative estimate of drug-likeness (QED) is 0.100. The molecule has 1 aliphatic rings. The summed E-state index contributed by atoms with van der Waals surface area (Å²) in [6.45, 7) is 7.33. The number of halogens is 2. The maximum absolute atomic E-state index is 14.2. The van der Waals surface area contributed by atoms with E-state index in [9.17, 15) is 14.3 Å². The minimum absolute atomic E-state index is 0.0326. The summed E-state index contributed by atoms with van der Waals surface area (Å²) < 4.78 is 39.4. The second-order valence-electron chi connectivity index (χ2n) is 15.0. The summed E-state index contributed by atoms with van der Waals surface area (Å²) in [6.07, 6.45) is 1.88. The molecule has 1 saturated heterocycles. The number of piperazine rings is 1. The number of para-hydroxylation sites is 2. The average molecular weight is 874 g/mol. The van der Waals surface area contributed by atoms with Gasteiger partial charge in [0.05, 0.1) is 28.8 Å². The fourth-order valence-corrected chi connectivity index (χ4v) is 8.91. The van der Waals surface area contributed by atoms with E-state index in [1.165, 1.54) is 23.5 Å². The van der Waals surface area contributed by atoms with Gasteiger partial charge in [-0.3, -0.25) is 4.90 Å². The molecule has 4 aromatic carbocycles. The number of rotatable bonds is 16. The molecule has 0 amide bonds. The lowest BCUT2D eigenvalue weighted by Crippen LogP contribution is -2.45. The summed E-state index contributed by atoms with van der Waals surface area (Å²) in [6, 6.07) is 28.5. The van der Waals surface area contributed by atoms with Crippen LogP contribution in [0.5, 0.6) is 23.1 Å². The molecule has 0 bridgehead atoms. The zero-order chi connectivity index (χ0) is 43.2. The Morgan fingerprint density at radius 3 is 2.39 bits per heavy atom. The van der Waals surface area contributed by atoms with Gasteiger partial charge in [-0.15, -0.1) is 11.3 Å². The van der Waals surface area contributed by atoms with Crippen molar-refractivity contribution in [2.24, 2.45) is 0 Å². The Morgan fingerprint density at radius 1 is 0.871 bits per heavy atom. The van der Waals surface area contributed by atoms with Crippen molar-refractivity contribution in [2.45, 2.75) is 26.1 Å². The van der Waals surface area contributed by atoms with Gasteiger partial charge in [0.25, 0.3) is 0 Å². The third kappa shape index (κ3) is 9.51. The van der Waals surface area contributed by atoms with Gasteiger partial charge in [-0.05, 0) is 84.8 Å². The van der Waals surface area contributed by atoms with Crippen LogP contribution in [-0.2, 0) is 17.8 Å². The number of hydrogen-bond donors (Lipinski definition) is 1. The van der Waals surface area contributed by atoms with Crippen molar-refractivity contribution in [1.82, 2.24) is 24.8 Å². The number of methoxy groups -OCH3 is 1. The highest BCUT2D eigenvalue weighted by Gasteiger charge is 2.28. The first-order valence-electron chi connectivity index (χ1n) is 20.2. The predicted molar refractivity (Wildman–Crippen MR) is 240 cm³/mol. The SMILES string of the molecule is COc1ccccc1-c1nccc(COc2ccccc2CC(Oc2nccc3sc(-c4ccc(F)cc4)c(-c4ccc(OCCN5CCN(C)CC5)c(Cl)c4C)c23)C(=O)O)n1. The van der Waals surface area contributed by atoms with Crippen molar-refractivity contribution < 1.29 is 33.2 Å². The largest absolute Gasteiger partial charge is 0.496 e. The van der Waals surface area contributed by atoms with Crippen LogP contribution in [0.15, 0.2) is 109 Å². The average Bonchev–Trinajstić information content (AvgIpc) is 3.68. The van der Waals surface area contributed by atoms with Crippen LogP contribution in [0, 0.1) is 12.7 Å². The first-order valence-corrected chi connectivity index (χ1v) is 21.4. The van der Waals surface area contributed by atoms with E-state index in [2.05, 4.69) is 26.8 Å². The molecular formula is C48H45ClFN5O6S. The van der Waals surface area contributed by atoms with Gasteiger partial charge in [-0.1, -0.05) is 60.1 Å². The third-order valence-electron chi connectivity index (χ3n) is 10.9. The van der Waals surface area contributed by atoms with Crippen molar-refractivity contribution in [3.05, 3.63) is 137 Å². The van der Waals surface area contributed by atoms with Gasteiger partial charge >= 0.3 is 5.97 Å². The van der Waals surface area contributed by atoms with Gasteiger partial charge in [-0.25, -0.2) is 24.1 Å². The lowest BCUT2D eigenvalue weighted by atomic mass is 9.95. The third-order valence-corrected chi connectivity index (χ3v) is 12.6. The first kappa shape index (κ1) is 42.6. The lowest BCUT2D eigenvalue weighted by Gasteiger charge is -2.32. The second-order valence-corrected chi connectivity index (χ2v) is 16.4. The van der Waals surface area contributed by atoms with Gasteiger partial charge in [0.2, 0.25) is 12.0 Å². The highest BCUT2D eigenvalue weighted by atomic mass is 35.5. The number of benzene rings is 4. The van der Waals surface area contributed by atoms with E-state index in [4.69, 9.17) is 35.5 Å². The number of aromatic nitrogens is 3. The zero-order valence-corrected chi connectivity index (χ0v) is 36.1. The van der Waals surface area contributed by atoms with E-state index in [1.807, 2.05) is 67.6 Å². The maximum atomic E-state index is 14.2. The van der Waals surface area contributed by atoms with Gasteiger partial charge < -0.3 is 29.0 Å². The molecular weight excluding hydrogens is 829 g/mol. The monoisotopic (exact) mass is 873 g/mol. The number of fused-ring (bicyclic) bond motifs is 1. The Bertz CT molecular complexity index is 2690. The molecule has 318 valence electrons. The molecule has 1 aliphatic heterocycles. The molecule has 8 rings (SSSR count). The Labute approximate surface area is 368 Å². The van der Waals surface area contributed by atoms with Crippen LogP contribution in [-0.4, -0.2) is 95.4 Å². The standard InChI is InChI=1S/C48H45ClFN5O6S/c1-30-35(16-17-39(44(30)49)59-27-26-55-24-22-54(2)23-25-55)42-43-41(62-45(42)31-12-14-33(50)15-13-31)19-21-52-47(43)61-40(48(56)57)28-32-8-4-6-10-37(32)60-29-34-18-20-51-46(53-34)36-9-5-7-11-38(36)58-3/h4-21,40H,22-29H2,1-3H3,(H,56,57). The smallest absolute Gasteiger partial charge is 0.345 e. The van der Waals surface area contributed by atoms with Crippen LogP contribution in [0.3, 0.4) is 0 Å². The lowest BCUT2D eigenvalue weighted by molar-refractivity contribution is -0.145. The number of aliphatic carboxylic acids is 1. The molecule has 0 saturated carbocycles. The predicted octanol–water partition coefficient (Wildman–Crippen LogP) is 9.48. The highest BCUT2D eigenvalue weighted by molar-refractivity contribution is 7.23. The van der Waals surface area contributed by atoms with E-state index in [0.717, 1.165) is 70.1 Å². The summed E-state index contributed by atoms with van der Waals surface area (Å²) in [5, 5.41) is 11.7. The number of pyridine rings is 1. The van der Waals surface area contributed by atoms with Crippen LogP contribution in [0.25, 0.3) is 43.0 Å². The summed E-state index contributed by atoms with van der Waals surface area (Å²) in [4.78, 5) is 32.3. The van der Waals surface area contributed by atoms with Crippen molar-refractivity contribution in [3.63, 3.8) is 0 Å². The van der Waals surface area contributed by atoms with Crippen molar-refractivity contribution >= 4 is 39.0 Å². The van der Waals surface area contributed by atoms with Crippen LogP contribution >= 0.6 is 22.9 Å². The van der Waals surface area contributed by atoms with Crippen molar-refractivity contribution in [3.8, 4) is 56.1 Å². The number of hydrogen-bond acceptors (Lipinski definition) is 11. The number of ether oxygens (including phenoxy) is 4. The summed E-state index contributed by atoms with van der Waals surface area (Å²) in [5.74, 6) is 0.801. The molecule has 0 spiro atoms. The highest BCUT2D eigenvalue weighted by Crippen LogP contribution is 2.50. The molecule has 7 aromatic rings. The number of carbonyl (C=O) groups is 1. The molecule has 14 heteroatoms. The molecule has 0 aliphatic carbocycles. The van der Waals surface area contributed by atoms with Crippen LogP contribution in [0.4, 0.5) is 4.39 Å². The molecule has 1 unspecified atom stereocenters. The molecule has 1 N–H and O–H groups in total.